The maximum atomic E-state index is 15.2. The van der Waals surface area contributed by atoms with E-state index in [-0.39, 0.29) is 81.2 Å². The van der Waals surface area contributed by atoms with Crippen LogP contribution in [0.5, 0.6) is 5.75 Å². The van der Waals surface area contributed by atoms with Gasteiger partial charge in [0.2, 0.25) is 47.3 Å². The zero-order valence-electron chi connectivity index (χ0n) is 52.5. The predicted octanol–water partition coefficient (Wildman–Crippen LogP) is 3.43. The lowest BCUT2D eigenvalue weighted by Crippen LogP contribution is -2.62. The number of carbonyl (C=O) groups is 10. The molecule has 5 aromatic rings. The third-order valence-corrected chi connectivity index (χ3v) is 18.8. The summed E-state index contributed by atoms with van der Waals surface area (Å²) in [6, 6.07) is 14.8. The van der Waals surface area contributed by atoms with Gasteiger partial charge in [-0.05, 0) is 119 Å². The van der Waals surface area contributed by atoms with Crippen LogP contribution in [0.25, 0.3) is 10.9 Å². The van der Waals surface area contributed by atoms with Gasteiger partial charge in [0.1, 0.15) is 64.7 Å². The highest BCUT2D eigenvalue weighted by Gasteiger charge is 2.37. The Bertz CT molecular complexity index is 3310. The molecule has 6 rings (SSSR count). The van der Waals surface area contributed by atoms with Crippen LogP contribution < -0.4 is 58.5 Å². The number of pyridine rings is 1. The van der Waals surface area contributed by atoms with Crippen LogP contribution in [0.4, 0.5) is 9.59 Å². The van der Waals surface area contributed by atoms with Gasteiger partial charge in [0, 0.05) is 79.5 Å². The maximum absolute atomic E-state index is 15.2. The number of hydrogen-bond acceptors (Lipinski definition) is 18. The summed E-state index contributed by atoms with van der Waals surface area (Å²) in [4.78, 5) is 151. The number of likely N-dealkylation sites (N-methyl/N-ethyl adjacent to an activating group) is 1. The summed E-state index contributed by atoms with van der Waals surface area (Å²) in [6.45, 7) is 10.3. The quantitative estimate of drug-likeness (QED) is 0.0311. The normalized spacial score (nSPS) is 19.7. The van der Waals surface area contributed by atoms with Crippen LogP contribution in [-0.2, 0) is 62.4 Å². The molecule has 14 N–H and O–H groups in total. The van der Waals surface area contributed by atoms with Crippen LogP contribution in [-0.4, -0.2) is 176 Å². The first kappa shape index (κ1) is 73.9. The van der Waals surface area contributed by atoms with Gasteiger partial charge in [-0.15, -0.1) is 0 Å². The molecule has 3 aromatic carbocycles. The van der Waals surface area contributed by atoms with Gasteiger partial charge in [0.25, 0.3) is 0 Å². The summed E-state index contributed by atoms with van der Waals surface area (Å²) in [5.41, 5.74) is 1.61. The van der Waals surface area contributed by atoms with E-state index in [0.717, 1.165) is 21.6 Å². The fourth-order valence-corrected chi connectivity index (χ4v) is 13.8. The van der Waals surface area contributed by atoms with E-state index in [1.165, 1.54) is 52.8 Å². The highest BCUT2D eigenvalue weighted by molar-refractivity contribution is 8.77. The molecular weight excluding hydrogens is 1280 g/mol. The number of nitrogens with zero attached hydrogens (tertiary/aromatic N) is 1. The fourth-order valence-electron chi connectivity index (χ4n) is 9.40. The Balaban J connectivity index is 1.42. The number of urea groups is 1. The highest BCUT2D eigenvalue weighted by Crippen LogP contribution is 2.30. The van der Waals surface area contributed by atoms with Crippen LogP contribution in [0.1, 0.15) is 77.5 Å². The summed E-state index contributed by atoms with van der Waals surface area (Å²) in [5, 5.41) is 52.7. The van der Waals surface area contributed by atoms with E-state index in [1.54, 1.807) is 102 Å². The first-order valence-electron chi connectivity index (χ1n) is 30.4. The third kappa shape index (κ3) is 25.0. The molecule has 502 valence electrons. The van der Waals surface area contributed by atoms with Gasteiger partial charge in [-0.25, -0.2) is 14.6 Å². The number of nitrogens with one attached hydrogen (secondary N) is 12. The van der Waals surface area contributed by atoms with Crippen LogP contribution in [0.2, 0.25) is 0 Å². The number of aromatic hydroxyl groups is 1. The number of phenolic OH excluding ortho intramolecular Hbond substituents is 1. The number of unbranched alkanes of at least 4 members (excludes halogenated alkanes) is 1. The largest absolute Gasteiger partial charge is 0.508 e. The average molecular weight is 1360 g/mol. The molecule has 1 fully saturated rings. The van der Waals surface area contributed by atoms with E-state index < -0.39 is 119 Å². The van der Waals surface area contributed by atoms with Crippen molar-refractivity contribution in [1.82, 2.24) is 68.5 Å². The van der Waals surface area contributed by atoms with Gasteiger partial charge in [0.15, 0.2) is 0 Å². The second-order valence-electron chi connectivity index (χ2n) is 22.7. The van der Waals surface area contributed by atoms with Crippen molar-refractivity contribution in [3.8, 4) is 5.75 Å². The topological polar surface area (TPSA) is 381 Å². The van der Waals surface area contributed by atoms with E-state index in [0.29, 0.717) is 32.6 Å². The number of aliphatic hydroxyl groups is 1. The Morgan fingerprint density at radius 2 is 1.34 bits per heavy atom. The molecule has 11 amide bonds. The van der Waals surface area contributed by atoms with E-state index >= 15 is 14.4 Å². The van der Waals surface area contributed by atoms with Gasteiger partial charge < -0.3 is 78.4 Å². The van der Waals surface area contributed by atoms with E-state index in [1.807, 2.05) is 18.2 Å². The number of amides is 11. The molecule has 0 aliphatic carbocycles. The van der Waals surface area contributed by atoms with Crippen LogP contribution >= 0.6 is 43.2 Å². The van der Waals surface area contributed by atoms with Crippen molar-refractivity contribution in [2.45, 2.75) is 145 Å². The van der Waals surface area contributed by atoms with Crippen molar-refractivity contribution in [2.24, 2.45) is 0 Å². The Morgan fingerprint density at radius 3 is 2.03 bits per heavy atom. The molecular formula is C63H83N13O13S4. The second-order valence-corrected chi connectivity index (χ2v) is 27.6. The molecule has 1 saturated heterocycles. The Labute approximate surface area is 555 Å². The summed E-state index contributed by atoms with van der Waals surface area (Å²) >= 11 is 0. The summed E-state index contributed by atoms with van der Waals surface area (Å²) < 4.78 is 5.37. The SMILES string of the molecule is CCNC(=O)N[C@H](Cc1ccccc1)C(=O)N[C@H]1CSSC[C@@H](C(=O)N[C@@H](CSSc2ccccn2)C(=O)NCC)NC(=O)[C@H]([C@@H](C)O)NC(=O)[C@H](CCCCNC(=O)OC(C)(C)C)NC(=O)[C@@H](Cc2c[nH]c3ccccc23)NC(=O)[C@H](Cc2ccc(O)cc2)NC1=O. The number of carbonyl (C=O) groups excluding carboxylic acids is 10. The molecule has 93 heavy (non-hydrogen) atoms. The summed E-state index contributed by atoms with van der Waals surface area (Å²) in [7, 11) is 4.45. The molecule has 26 nitrogen and oxygen atoms in total. The van der Waals surface area contributed by atoms with E-state index in [4.69, 9.17) is 4.74 Å². The maximum Gasteiger partial charge on any atom is 0.407 e. The van der Waals surface area contributed by atoms with Crippen molar-refractivity contribution in [2.75, 3.05) is 36.9 Å². The van der Waals surface area contributed by atoms with E-state index in [2.05, 4.69) is 68.5 Å². The minimum absolute atomic E-state index is 0.0139. The van der Waals surface area contributed by atoms with Gasteiger partial charge in [-0.1, -0.05) is 99.1 Å². The van der Waals surface area contributed by atoms with Crippen molar-refractivity contribution in [3.05, 3.63) is 126 Å². The minimum Gasteiger partial charge on any atom is -0.508 e. The number of rotatable bonds is 24. The number of aromatic nitrogens is 2. The number of benzene rings is 3. The molecule has 0 saturated carbocycles. The smallest absolute Gasteiger partial charge is 0.407 e. The number of hydrogen-bond donors (Lipinski definition) is 14. The lowest BCUT2D eigenvalue weighted by Gasteiger charge is -2.29. The second kappa shape index (κ2) is 37.5. The Morgan fingerprint density at radius 1 is 0.688 bits per heavy atom. The molecule has 0 radical (unpaired) electrons. The average Bonchev–Trinajstić information content (AvgIpc) is 2.14. The van der Waals surface area contributed by atoms with Gasteiger partial charge in [-0.3, -0.25) is 38.4 Å². The first-order chi connectivity index (χ1) is 44.5. The Kier molecular flexibility index (Phi) is 29.8. The van der Waals surface area contributed by atoms with Crippen molar-refractivity contribution >= 4 is 113 Å². The minimum atomic E-state index is -1.78. The lowest BCUT2D eigenvalue weighted by molar-refractivity contribution is -0.136. The van der Waals surface area contributed by atoms with Crippen LogP contribution in [0.15, 0.2) is 114 Å². The van der Waals surface area contributed by atoms with Crippen molar-refractivity contribution < 1.29 is 62.9 Å². The van der Waals surface area contributed by atoms with Crippen LogP contribution in [0.3, 0.4) is 0 Å². The Hall–Kier alpha value is -8.19. The number of aliphatic hydroxyl groups excluding tert-OH is 1. The highest BCUT2D eigenvalue weighted by atomic mass is 33.1. The molecule has 3 heterocycles. The van der Waals surface area contributed by atoms with Crippen molar-refractivity contribution in [3.63, 3.8) is 0 Å². The molecule has 0 unspecified atom stereocenters. The first-order valence-corrected chi connectivity index (χ1v) is 35.2. The number of fused-ring (bicyclic) bond motifs is 1. The number of alkyl carbamates (subject to hydrolysis) is 1. The third-order valence-electron chi connectivity index (χ3n) is 14.1. The molecule has 1 aliphatic rings. The number of H-pyrrole nitrogens is 1. The zero-order valence-corrected chi connectivity index (χ0v) is 55.8. The summed E-state index contributed by atoms with van der Waals surface area (Å²) in [6.07, 6.45) is 0.840. The standard InChI is InChI=1S/C63H83N13O13S4/c1-7-64-53(79)48(36-92-93-51-23-15-17-28-66-51)72-59(85)50-35-91-90-34-49(73-56(82)46(75-61(87)65-8-2)30-38-18-10-9-11-19-38)58(84)70-45(31-39-24-26-41(78)27-25-39)55(81)71-47(32-40-33-68-43-21-13-12-20-42(40)43)57(83)69-44(54(80)76-52(37(3)77)60(86)74-50)22-14-16-29-67-62(88)89-63(4,5)6/h9-13,15,17-21,23-28,33,37,44-50,52,68,77-78H,7-8,14,16,22,29-32,34-36H2,1-6H3,(H,64,79)(H,67,88)(H,69,83)(H,70,84)(H,71,81)(H,72,85)(H,73,82)(H,74,86)(H,76,80)(H2,65,75,87)/t37-,44+,45+,46-,47-,48+,49+,50+,52+/m1/s1. The summed E-state index contributed by atoms with van der Waals surface area (Å²) in [5.74, 6) is -7.48. The van der Waals surface area contributed by atoms with Gasteiger partial charge in [0.05, 0.1) is 6.10 Å². The molecule has 2 aromatic heterocycles. The molecule has 1 aliphatic heterocycles. The van der Waals surface area contributed by atoms with Crippen LogP contribution in [0, 0.1) is 0 Å². The molecule has 30 heteroatoms. The van der Waals surface area contributed by atoms with E-state index in [9.17, 15) is 43.8 Å². The number of ether oxygens (including phenoxy) is 1. The predicted molar refractivity (Wildman–Crippen MR) is 359 cm³/mol. The van der Waals surface area contributed by atoms with Gasteiger partial charge >= 0.3 is 12.1 Å². The van der Waals surface area contributed by atoms with Crippen molar-refractivity contribution in [1.29, 1.82) is 0 Å². The fraction of sp³-hybridized carbons (Fsp3) is 0.444. The molecule has 0 spiro atoms. The number of aromatic amines is 1. The molecule has 9 atom stereocenters. The number of para-hydroxylation sites is 1. The number of phenols is 1. The van der Waals surface area contributed by atoms with Gasteiger partial charge in [-0.2, -0.15) is 0 Å². The lowest BCUT2D eigenvalue weighted by atomic mass is 10.0. The monoisotopic (exact) mass is 1360 g/mol. The zero-order chi connectivity index (χ0) is 67.5. The molecule has 0 bridgehead atoms.